The molecule has 4 rings (SSSR count). The maximum atomic E-state index is 12.5. The van der Waals surface area contributed by atoms with Crippen LogP contribution in [0.1, 0.15) is 28.2 Å². The van der Waals surface area contributed by atoms with E-state index in [2.05, 4.69) is 15.2 Å². The van der Waals surface area contributed by atoms with Crippen LogP contribution in [0.15, 0.2) is 18.2 Å². The van der Waals surface area contributed by atoms with Crippen LogP contribution in [0, 0.1) is 6.92 Å². The van der Waals surface area contributed by atoms with E-state index in [1.54, 1.807) is 0 Å². The molecule has 25 heavy (non-hydrogen) atoms. The smallest absolute Gasteiger partial charge is 0.263 e. The van der Waals surface area contributed by atoms with E-state index in [1.807, 2.05) is 25.1 Å². The number of carbonyl (C=O) groups is 1. The van der Waals surface area contributed by atoms with Crippen molar-refractivity contribution in [1.82, 2.24) is 15.2 Å². The van der Waals surface area contributed by atoms with Gasteiger partial charge in [0, 0.05) is 18.7 Å². The number of thiazole rings is 1. The van der Waals surface area contributed by atoms with Crippen molar-refractivity contribution < 1.29 is 14.3 Å². The summed E-state index contributed by atoms with van der Waals surface area (Å²) in [5.74, 6) is 1.43. The molecule has 3 heterocycles. The maximum absolute atomic E-state index is 12.5. The Morgan fingerprint density at radius 1 is 1.28 bits per heavy atom. The van der Waals surface area contributed by atoms with E-state index in [-0.39, 0.29) is 12.7 Å². The second kappa shape index (κ2) is 7.01. The zero-order chi connectivity index (χ0) is 17.2. The van der Waals surface area contributed by atoms with E-state index in [0.29, 0.717) is 11.4 Å². The van der Waals surface area contributed by atoms with Crippen LogP contribution in [0.3, 0.4) is 0 Å². The molecule has 0 saturated carbocycles. The molecule has 0 spiro atoms. The Balaban J connectivity index is 1.43. The largest absolute Gasteiger partial charge is 0.454 e. The molecule has 1 fully saturated rings. The average molecular weight is 359 g/mol. The lowest BCUT2D eigenvalue weighted by Gasteiger charge is -2.14. The van der Waals surface area contributed by atoms with Crippen LogP contribution < -0.4 is 14.8 Å². The summed E-state index contributed by atoms with van der Waals surface area (Å²) >= 11 is 1.42. The highest BCUT2D eigenvalue weighted by Crippen LogP contribution is 2.37. The molecular formula is C18H21N3O3S. The van der Waals surface area contributed by atoms with Gasteiger partial charge in [0.1, 0.15) is 9.88 Å². The van der Waals surface area contributed by atoms with Crippen LogP contribution in [0.5, 0.6) is 11.5 Å². The van der Waals surface area contributed by atoms with E-state index < -0.39 is 0 Å². The van der Waals surface area contributed by atoms with Crippen molar-refractivity contribution in [3.63, 3.8) is 0 Å². The number of hydrogen-bond donors (Lipinski definition) is 1. The zero-order valence-electron chi connectivity index (χ0n) is 14.2. The van der Waals surface area contributed by atoms with Crippen molar-refractivity contribution in [1.29, 1.82) is 0 Å². The quantitative estimate of drug-likeness (QED) is 0.889. The zero-order valence-corrected chi connectivity index (χ0v) is 15.0. The van der Waals surface area contributed by atoms with E-state index in [9.17, 15) is 4.79 Å². The number of hydrogen-bond acceptors (Lipinski definition) is 6. The lowest BCUT2D eigenvalue weighted by atomic mass is 10.2. The lowest BCUT2D eigenvalue weighted by Crippen LogP contribution is -2.33. The van der Waals surface area contributed by atoms with Gasteiger partial charge in [-0.15, -0.1) is 11.3 Å². The van der Waals surface area contributed by atoms with E-state index in [1.165, 1.54) is 24.2 Å². The third-order valence-electron chi connectivity index (χ3n) is 4.53. The van der Waals surface area contributed by atoms with Gasteiger partial charge in [-0.05, 0) is 51.1 Å². The number of aromatic nitrogens is 1. The summed E-state index contributed by atoms with van der Waals surface area (Å²) in [6.07, 6.45) is 2.53. The number of benzene rings is 1. The Kier molecular flexibility index (Phi) is 4.59. The predicted molar refractivity (Wildman–Crippen MR) is 96.4 cm³/mol. The van der Waals surface area contributed by atoms with Gasteiger partial charge < -0.3 is 19.7 Å². The Hall–Kier alpha value is -2.12. The molecule has 1 amide bonds. The molecule has 6 nitrogen and oxygen atoms in total. The van der Waals surface area contributed by atoms with Gasteiger partial charge in [-0.3, -0.25) is 4.79 Å². The molecule has 0 unspecified atom stereocenters. The minimum absolute atomic E-state index is 0.0406. The molecule has 1 aromatic carbocycles. The standard InChI is InChI=1S/C18H21N3O3S/c1-12-16(17(22)19-6-9-21-7-2-3-8-21)25-18(20-12)13-4-5-14-15(10-13)24-11-23-14/h4-5,10H,2-3,6-9,11H2,1H3,(H,19,22). The first kappa shape index (κ1) is 16.4. The number of aryl methyl sites for hydroxylation is 1. The minimum Gasteiger partial charge on any atom is -0.454 e. The Morgan fingerprint density at radius 2 is 2.08 bits per heavy atom. The predicted octanol–water partition coefficient (Wildman–Crippen LogP) is 2.67. The fraction of sp³-hybridized carbons (Fsp3) is 0.444. The third kappa shape index (κ3) is 3.48. The van der Waals surface area contributed by atoms with Crippen LogP contribution >= 0.6 is 11.3 Å². The first-order valence-electron chi connectivity index (χ1n) is 8.59. The van der Waals surface area contributed by atoms with Crippen molar-refractivity contribution >= 4 is 17.2 Å². The summed E-state index contributed by atoms with van der Waals surface area (Å²) in [7, 11) is 0. The van der Waals surface area contributed by atoms with Gasteiger partial charge in [0.15, 0.2) is 11.5 Å². The third-order valence-corrected chi connectivity index (χ3v) is 5.74. The molecule has 1 N–H and O–H groups in total. The first-order chi connectivity index (χ1) is 12.2. The number of nitrogens with zero attached hydrogens (tertiary/aromatic N) is 2. The van der Waals surface area contributed by atoms with Gasteiger partial charge in [0.2, 0.25) is 6.79 Å². The fourth-order valence-corrected chi connectivity index (χ4v) is 4.15. The van der Waals surface area contributed by atoms with Crippen molar-refractivity contribution in [2.24, 2.45) is 0 Å². The van der Waals surface area contributed by atoms with Gasteiger partial charge in [-0.1, -0.05) is 0 Å². The average Bonchev–Trinajstić information content (AvgIpc) is 3.34. The summed E-state index contributed by atoms with van der Waals surface area (Å²) in [6, 6.07) is 5.74. The summed E-state index contributed by atoms with van der Waals surface area (Å²) < 4.78 is 10.8. The molecule has 2 aliphatic heterocycles. The molecule has 1 saturated heterocycles. The van der Waals surface area contributed by atoms with Crippen LogP contribution in [0.2, 0.25) is 0 Å². The molecule has 0 aliphatic carbocycles. The molecule has 7 heteroatoms. The Labute approximate surface area is 150 Å². The highest BCUT2D eigenvalue weighted by atomic mass is 32.1. The summed E-state index contributed by atoms with van der Waals surface area (Å²) in [6.45, 7) is 6.00. The molecule has 2 aromatic rings. The van der Waals surface area contributed by atoms with Crippen molar-refractivity contribution in [3.8, 4) is 22.1 Å². The van der Waals surface area contributed by atoms with Crippen LogP contribution in [0.4, 0.5) is 0 Å². The van der Waals surface area contributed by atoms with E-state index in [0.717, 1.165) is 47.4 Å². The number of carbonyl (C=O) groups excluding carboxylic acids is 1. The highest BCUT2D eigenvalue weighted by Gasteiger charge is 2.19. The van der Waals surface area contributed by atoms with Gasteiger partial charge in [0.05, 0.1) is 5.69 Å². The molecule has 132 valence electrons. The summed E-state index contributed by atoms with van der Waals surface area (Å²) in [5.41, 5.74) is 1.70. The minimum atomic E-state index is -0.0406. The first-order valence-corrected chi connectivity index (χ1v) is 9.40. The molecule has 0 bridgehead atoms. The van der Waals surface area contributed by atoms with Gasteiger partial charge in [-0.25, -0.2) is 4.98 Å². The Morgan fingerprint density at radius 3 is 2.92 bits per heavy atom. The molecule has 0 radical (unpaired) electrons. The number of likely N-dealkylation sites (tertiary alicyclic amines) is 1. The van der Waals surface area contributed by atoms with Crippen molar-refractivity contribution in [2.45, 2.75) is 19.8 Å². The number of amides is 1. The maximum Gasteiger partial charge on any atom is 0.263 e. The molecule has 2 aliphatic rings. The number of rotatable bonds is 5. The van der Waals surface area contributed by atoms with Gasteiger partial charge in [-0.2, -0.15) is 0 Å². The normalized spacial score (nSPS) is 16.4. The van der Waals surface area contributed by atoms with Crippen LogP contribution in [0.25, 0.3) is 10.6 Å². The summed E-state index contributed by atoms with van der Waals surface area (Å²) in [4.78, 5) is 20.1. The van der Waals surface area contributed by atoms with Gasteiger partial charge >= 0.3 is 0 Å². The number of ether oxygens (including phenoxy) is 2. The van der Waals surface area contributed by atoms with Crippen LogP contribution in [-0.4, -0.2) is 48.8 Å². The molecule has 1 aromatic heterocycles. The van der Waals surface area contributed by atoms with Gasteiger partial charge in [0.25, 0.3) is 5.91 Å². The summed E-state index contributed by atoms with van der Waals surface area (Å²) in [5, 5.41) is 3.84. The second-order valence-corrected chi connectivity index (χ2v) is 7.31. The Bertz CT molecular complexity index is 784. The van der Waals surface area contributed by atoms with Crippen LogP contribution in [-0.2, 0) is 0 Å². The van der Waals surface area contributed by atoms with Crippen molar-refractivity contribution in [2.75, 3.05) is 33.0 Å². The highest BCUT2D eigenvalue weighted by molar-refractivity contribution is 7.17. The van der Waals surface area contributed by atoms with E-state index >= 15 is 0 Å². The fourth-order valence-electron chi connectivity index (χ4n) is 3.17. The molecular weight excluding hydrogens is 338 g/mol. The molecule has 0 atom stereocenters. The number of fused-ring (bicyclic) bond motifs is 1. The number of nitrogens with one attached hydrogen (secondary N) is 1. The SMILES string of the molecule is Cc1nc(-c2ccc3c(c2)OCO3)sc1C(=O)NCCN1CCCC1. The lowest BCUT2D eigenvalue weighted by molar-refractivity contribution is 0.0953. The topological polar surface area (TPSA) is 63.7 Å². The van der Waals surface area contributed by atoms with E-state index in [4.69, 9.17) is 9.47 Å². The monoisotopic (exact) mass is 359 g/mol. The second-order valence-electron chi connectivity index (χ2n) is 6.31. The van der Waals surface area contributed by atoms with Crippen molar-refractivity contribution in [3.05, 3.63) is 28.8 Å².